The number of carbonyl (C=O) groups excluding carboxylic acids is 3. The van der Waals surface area contributed by atoms with Crippen LogP contribution in [-0.2, 0) is 14.3 Å². The number of Topliss-reactive ketones (excluding diaryl/α,β-unsaturated/α-hetero) is 2. The van der Waals surface area contributed by atoms with Crippen LogP contribution in [0.4, 0.5) is 0 Å². The third-order valence-corrected chi connectivity index (χ3v) is 4.32. The Hall–Kier alpha value is -2.05. The van der Waals surface area contributed by atoms with Gasteiger partial charge >= 0.3 is 5.97 Å². The van der Waals surface area contributed by atoms with E-state index >= 15 is 0 Å². The van der Waals surface area contributed by atoms with Gasteiger partial charge in [0.25, 0.3) is 0 Å². The molecule has 4 rings (SSSR count). The van der Waals surface area contributed by atoms with Gasteiger partial charge in [-0.3, -0.25) is 14.4 Å². The molecule has 0 amide bonds. The molecule has 1 aromatic rings. The molecule has 2 heterocycles. The van der Waals surface area contributed by atoms with Crippen LogP contribution in [0.5, 0.6) is 0 Å². The van der Waals surface area contributed by atoms with Gasteiger partial charge in [-0.15, -0.1) is 0 Å². The molecule has 3 atom stereocenters. The minimum atomic E-state index is -2.13. The summed E-state index contributed by atoms with van der Waals surface area (Å²) in [7, 11) is 0. The lowest BCUT2D eigenvalue weighted by Crippen LogP contribution is -2.67. The summed E-state index contributed by atoms with van der Waals surface area (Å²) in [6, 6.07) is 6.20. The number of benzene rings is 1. The summed E-state index contributed by atoms with van der Waals surface area (Å²) in [5.41, 5.74) is -3.75. The first kappa shape index (κ1) is 11.7. The second-order valence-corrected chi connectivity index (χ2v) is 5.28. The summed E-state index contributed by atoms with van der Waals surface area (Å²) in [6.07, 6.45) is -1.05. The molecule has 0 bridgehead atoms. The number of fused-ring (bicyclic) bond motifs is 1. The van der Waals surface area contributed by atoms with Gasteiger partial charge in [-0.1, -0.05) is 24.3 Å². The van der Waals surface area contributed by atoms with Crippen LogP contribution in [0.1, 0.15) is 27.1 Å². The first-order chi connectivity index (χ1) is 9.50. The molecule has 0 radical (unpaired) electrons. The van der Waals surface area contributed by atoms with Crippen molar-refractivity contribution in [2.75, 3.05) is 6.61 Å². The number of ether oxygens (including phenoxy) is 2. The Labute approximate surface area is 113 Å². The number of ketones is 2. The van der Waals surface area contributed by atoms with Crippen LogP contribution in [0.3, 0.4) is 0 Å². The number of esters is 1. The van der Waals surface area contributed by atoms with Gasteiger partial charge in [0.2, 0.25) is 22.8 Å². The summed E-state index contributed by atoms with van der Waals surface area (Å²) in [4.78, 5) is 36.8. The van der Waals surface area contributed by atoms with Crippen molar-refractivity contribution in [3.05, 3.63) is 35.4 Å². The number of hydrogen-bond acceptors (Lipinski definition) is 6. The predicted molar refractivity (Wildman–Crippen MR) is 63.2 cm³/mol. The highest BCUT2D eigenvalue weighted by Crippen LogP contribution is 2.50. The Bertz CT molecular complexity index is 680. The maximum absolute atomic E-state index is 12.7. The smallest absolute Gasteiger partial charge is 0.309 e. The van der Waals surface area contributed by atoms with E-state index in [4.69, 9.17) is 9.47 Å². The molecule has 102 valence electrons. The summed E-state index contributed by atoms with van der Waals surface area (Å²) in [6.45, 7) is -0.343. The SMILES string of the molecule is O=C1C[C@@H]2OC[C@]3(O)C(=O)c4ccccc4C(=O)[C@@]23O1. The second-order valence-electron chi connectivity index (χ2n) is 5.28. The van der Waals surface area contributed by atoms with Gasteiger partial charge in [0.15, 0.2) is 0 Å². The molecule has 1 aliphatic carbocycles. The third-order valence-electron chi connectivity index (χ3n) is 4.32. The van der Waals surface area contributed by atoms with Crippen LogP contribution >= 0.6 is 0 Å². The van der Waals surface area contributed by atoms with Gasteiger partial charge in [0.05, 0.1) is 13.0 Å². The monoisotopic (exact) mass is 274 g/mol. The molecule has 1 N–H and O–H groups in total. The molecule has 3 aliphatic rings. The summed E-state index contributed by atoms with van der Waals surface area (Å²) in [5.74, 6) is -1.85. The van der Waals surface area contributed by atoms with Gasteiger partial charge < -0.3 is 14.6 Å². The topological polar surface area (TPSA) is 89.9 Å². The quantitative estimate of drug-likeness (QED) is 0.663. The first-order valence-electron chi connectivity index (χ1n) is 6.25. The molecule has 1 spiro atoms. The molecular weight excluding hydrogens is 264 g/mol. The lowest BCUT2D eigenvalue weighted by atomic mass is 9.67. The fraction of sp³-hybridized carbons (Fsp3) is 0.357. The van der Waals surface area contributed by atoms with E-state index in [0.717, 1.165) is 0 Å². The van der Waals surface area contributed by atoms with Crippen LogP contribution in [-0.4, -0.2) is 46.6 Å². The molecule has 1 aromatic carbocycles. The third kappa shape index (κ3) is 1.03. The molecule has 0 saturated carbocycles. The number of aliphatic hydroxyl groups is 1. The zero-order valence-electron chi connectivity index (χ0n) is 10.3. The fourth-order valence-electron chi connectivity index (χ4n) is 3.35. The lowest BCUT2D eigenvalue weighted by molar-refractivity contribution is -0.156. The highest BCUT2D eigenvalue weighted by molar-refractivity contribution is 6.23. The van der Waals surface area contributed by atoms with Crippen molar-refractivity contribution in [3.8, 4) is 0 Å². The standard InChI is InChI=1S/C14H10O6/c15-10-5-9-14(20-10)12(17)8-4-2-1-3-7(8)11(16)13(14,18)6-19-9/h1-4,9,18H,5-6H2/t9-,13-,14-/m0/s1. The van der Waals surface area contributed by atoms with E-state index in [1.165, 1.54) is 12.1 Å². The Kier molecular flexibility index (Phi) is 1.96. The maximum Gasteiger partial charge on any atom is 0.309 e. The van der Waals surface area contributed by atoms with Crippen molar-refractivity contribution in [2.45, 2.75) is 23.7 Å². The van der Waals surface area contributed by atoms with Gasteiger partial charge in [-0.05, 0) is 0 Å². The van der Waals surface area contributed by atoms with E-state index in [2.05, 4.69) is 0 Å². The van der Waals surface area contributed by atoms with Crippen molar-refractivity contribution in [3.63, 3.8) is 0 Å². The van der Waals surface area contributed by atoms with Crippen LogP contribution in [0.15, 0.2) is 24.3 Å². The Morgan fingerprint density at radius 3 is 2.45 bits per heavy atom. The van der Waals surface area contributed by atoms with Crippen LogP contribution in [0.2, 0.25) is 0 Å². The normalized spacial score (nSPS) is 38.2. The Balaban J connectivity index is 2.03. The largest absolute Gasteiger partial charge is 0.444 e. The fourth-order valence-corrected chi connectivity index (χ4v) is 3.35. The van der Waals surface area contributed by atoms with Crippen molar-refractivity contribution < 1.29 is 29.0 Å². The van der Waals surface area contributed by atoms with E-state index in [9.17, 15) is 19.5 Å². The minimum absolute atomic E-state index is 0.135. The van der Waals surface area contributed by atoms with Gasteiger partial charge in [-0.25, -0.2) is 0 Å². The maximum atomic E-state index is 12.7. The van der Waals surface area contributed by atoms with E-state index < -0.39 is 34.8 Å². The molecule has 20 heavy (non-hydrogen) atoms. The van der Waals surface area contributed by atoms with Gasteiger partial charge in [0.1, 0.15) is 6.10 Å². The minimum Gasteiger partial charge on any atom is -0.444 e. The van der Waals surface area contributed by atoms with Crippen molar-refractivity contribution in [1.29, 1.82) is 0 Å². The predicted octanol–water partition coefficient (Wildman–Crippen LogP) is -0.119. The Morgan fingerprint density at radius 1 is 1.10 bits per heavy atom. The van der Waals surface area contributed by atoms with Crippen LogP contribution < -0.4 is 0 Å². The number of hydrogen-bond donors (Lipinski definition) is 1. The molecule has 6 heteroatoms. The number of carbonyl (C=O) groups is 3. The zero-order chi connectivity index (χ0) is 14.1. The second kappa shape index (κ2) is 3.34. The average molecular weight is 274 g/mol. The average Bonchev–Trinajstić information content (AvgIpc) is 2.92. The molecule has 0 aromatic heterocycles. The number of rotatable bonds is 0. The van der Waals surface area contributed by atoms with E-state index in [0.29, 0.717) is 0 Å². The highest BCUT2D eigenvalue weighted by Gasteiger charge is 2.77. The zero-order valence-corrected chi connectivity index (χ0v) is 10.3. The van der Waals surface area contributed by atoms with Crippen LogP contribution in [0.25, 0.3) is 0 Å². The highest BCUT2D eigenvalue weighted by atomic mass is 16.6. The molecule has 2 saturated heterocycles. The molecular formula is C14H10O6. The summed E-state index contributed by atoms with van der Waals surface area (Å²) in [5, 5.41) is 10.7. The molecule has 6 nitrogen and oxygen atoms in total. The van der Waals surface area contributed by atoms with Gasteiger partial charge in [0, 0.05) is 11.1 Å². The van der Waals surface area contributed by atoms with E-state index in [-0.39, 0.29) is 24.2 Å². The van der Waals surface area contributed by atoms with Crippen molar-refractivity contribution >= 4 is 17.5 Å². The molecule has 0 unspecified atom stereocenters. The van der Waals surface area contributed by atoms with Crippen molar-refractivity contribution in [2.24, 2.45) is 0 Å². The molecule has 2 aliphatic heterocycles. The van der Waals surface area contributed by atoms with Crippen molar-refractivity contribution in [1.82, 2.24) is 0 Å². The molecule has 2 fully saturated rings. The lowest BCUT2D eigenvalue weighted by Gasteiger charge is -2.39. The summed E-state index contributed by atoms with van der Waals surface area (Å²) < 4.78 is 10.5. The Morgan fingerprint density at radius 2 is 1.75 bits per heavy atom. The first-order valence-corrected chi connectivity index (χ1v) is 6.25. The van der Waals surface area contributed by atoms with E-state index in [1.54, 1.807) is 12.1 Å². The summed E-state index contributed by atoms with van der Waals surface area (Å²) >= 11 is 0. The van der Waals surface area contributed by atoms with E-state index in [1.807, 2.05) is 0 Å². The van der Waals surface area contributed by atoms with Gasteiger partial charge in [-0.2, -0.15) is 0 Å². The van der Waals surface area contributed by atoms with Crippen LogP contribution in [0, 0.1) is 0 Å².